The van der Waals surface area contributed by atoms with Crippen LogP contribution in [-0.4, -0.2) is 71.7 Å². The standard InChI is InChI=1S/C23H36BrN3O2/c1-22(2,3)29-21(28)26-16-14-25(15-17-26)20-10-12-27(13-11-20)23(4,5)18-6-8-19(24)9-7-18/h6-9,20H,10-17H2,1-5H3. The maximum Gasteiger partial charge on any atom is 0.410 e. The molecule has 0 bridgehead atoms. The normalized spacial score (nSPS) is 20.7. The van der Waals surface area contributed by atoms with Crippen molar-refractivity contribution in [2.45, 2.75) is 64.6 Å². The number of carbonyl (C=O) groups excluding carboxylic acids is 1. The van der Waals surface area contributed by atoms with E-state index < -0.39 is 5.60 Å². The fraction of sp³-hybridized carbons (Fsp3) is 0.696. The number of nitrogens with zero attached hydrogens (tertiary/aromatic N) is 3. The molecule has 0 aromatic heterocycles. The van der Waals surface area contributed by atoms with Gasteiger partial charge in [-0.25, -0.2) is 4.79 Å². The molecule has 6 heteroatoms. The third kappa shape index (κ3) is 5.74. The van der Waals surface area contributed by atoms with Crippen LogP contribution in [0.25, 0.3) is 0 Å². The topological polar surface area (TPSA) is 36.0 Å². The van der Waals surface area contributed by atoms with Gasteiger partial charge in [0.25, 0.3) is 0 Å². The zero-order chi connectivity index (χ0) is 21.2. The van der Waals surface area contributed by atoms with Crippen LogP contribution in [0, 0.1) is 0 Å². The molecule has 2 aliphatic heterocycles. The highest BCUT2D eigenvalue weighted by atomic mass is 79.9. The summed E-state index contributed by atoms with van der Waals surface area (Å²) in [7, 11) is 0. The lowest BCUT2D eigenvalue weighted by molar-refractivity contribution is -0.000328. The Morgan fingerprint density at radius 1 is 0.931 bits per heavy atom. The van der Waals surface area contributed by atoms with E-state index in [-0.39, 0.29) is 11.6 Å². The average Bonchev–Trinajstić information content (AvgIpc) is 2.67. The largest absolute Gasteiger partial charge is 0.444 e. The molecule has 3 rings (SSSR count). The van der Waals surface area contributed by atoms with Gasteiger partial charge in [-0.3, -0.25) is 9.80 Å². The van der Waals surface area contributed by atoms with E-state index in [2.05, 4.69) is 63.8 Å². The van der Waals surface area contributed by atoms with Crippen LogP contribution in [0.4, 0.5) is 4.79 Å². The van der Waals surface area contributed by atoms with Crippen LogP contribution in [0.15, 0.2) is 28.7 Å². The molecule has 2 heterocycles. The van der Waals surface area contributed by atoms with E-state index in [1.807, 2.05) is 25.7 Å². The van der Waals surface area contributed by atoms with Gasteiger partial charge in [0.05, 0.1) is 0 Å². The second kappa shape index (κ2) is 8.94. The van der Waals surface area contributed by atoms with Crippen molar-refractivity contribution in [3.05, 3.63) is 34.3 Å². The summed E-state index contributed by atoms with van der Waals surface area (Å²) >= 11 is 3.54. The molecule has 1 amide bonds. The van der Waals surface area contributed by atoms with Gasteiger partial charge in [-0.1, -0.05) is 28.1 Å². The number of carbonyl (C=O) groups is 1. The summed E-state index contributed by atoms with van der Waals surface area (Å²) in [5, 5.41) is 0. The Balaban J connectivity index is 1.49. The van der Waals surface area contributed by atoms with E-state index in [1.54, 1.807) is 0 Å². The molecule has 29 heavy (non-hydrogen) atoms. The third-order valence-electron chi connectivity index (χ3n) is 6.29. The molecule has 0 aliphatic carbocycles. The van der Waals surface area contributed by atoms with Crippen molar-refractivity contribution in [2.75, 3.05) is 39.3 Å². The number of likely N-dealkylation sites (tertiary alicyclic amines) is 1. The highest BCUT2D eigenvalue weighted by molar-refractivity contribution is 9.10. The van der Waals surface area contributed by atoms with Crippen molar-refractivity contribution in [3.8, 4) is 0 Å². The molecule has 162 valence electrons. The summed E-state index contributed by atoms with van der Waals surface area (Å²) in [6.07, 6.45) is 2.20. The Morgan fingerprint density at radius 3 is 2.00 bits per heavy atom. The van der Waals surface area contributed by atoms with Crippen molar-refractivity contribution < 1.29 is 9.53 Å². The molecule has 2 aliphatic rings. The quantitative estimate of drug-likeness (QED) is 0.647. The Labute approximate surface area is 184 Å². The number of amides is 1. The molecule has 0 atom stereocenters. The van der Waals surface area contributed by atoms with Crippen molar-refractivity contribution >= 4 is 22.0 Å². The van der Waals surface area contributed by atoms with Gasteiger partial charge < -0.3 is 9.64 Å². The molecular formula is C23H36BrN3O2. The Hall–Kier alpha value is -1.11. The van der Waals surface area contributed by atoms with E-state index in [9.17, 15) is 4.79 Å². The Bertz CT molecular complexity index is 683. The van der Waals surface area contributed by atoms with Crippen LogP contribution in [-0.2, 0) is 10.3 Å². The first kappa shape index (κ1) is 22.6. The molecular weight excluding hydrogens is 430 g/mol. The minimum Gasteiger partial charge on any atom is -0.444 e. The molecule has 0 spiro atoms. The van der Waals surface area contributed by atoms with Gasteiger partial charge in [0, 0.05) is 55.3 Å². The lowest BCUT2D eigenvalue weighted by Crippen LogP contribution is -2.56. The van der Waals surface area contributed by atoms with Crippen LogP contribution in [0.5, 0.6) is 0 Å². The zero-order valence-corrected chi connectivity index (χ0v) is 20.2. The average molecular weight is 466 g/mol. The van der Waals surface area contributed by atoms with Crippen molar-refractivity contribution in [1.82, 2.24) is 14.7 Å². The van der Waals surface area contributed by atoms with E-state index >= 15 is 0 Å². The molecule has 0 N–H and O–H groups in total. The molecule has 1 aromatic carbocycles. The van der Waals surface area contributed by atoms with Crippen LogP contribution in [0.2, 0.25) is 0 Å². The highest BCUT2D eigenvalue weighted by Crippen LogP contribution is 2.32. The van der Waals surface area contributed by atoms with Crippen LogP contribution >= 0.6 is 15.9 Å². The lowest BCUT2D eigenvalue weighted by atomic mass is 9.89. The zero-order valence-electron chi connectivity index (χ0n) is 18.6. The van der Waals surface area contributed by atoms with Gasteiger partial charge in [0.2, 0.25) is 0 Å². The second-order valence-electron chi connectivity index (χ2n) is 9.79. The summed E-state index contributed by atoms with van der Waals surface area (Å²) in [6.45, 7) is 16.1. The van der Waals surface area contributed by atoms with E-state index in [1.165, 1.54) is 18.4 Å². The van der Waals surface area contributed by atoms with Gasteiger partial charge in [-0.05, 0) is 65.2 Å². The molecule has 2 saturated heterocycles. The summed E-state index contributed by atoms with van der Waals surface area (Å²) in [4.78, 5) is 19.3. The molecule has 0 radical (unpaired) electrons. The first-order valence-corrected chi connectivity index (χ1v) is 11.6. The maximum atomic E-state index is 12.3. The smallest absolute Gasteiger partial charge is 0.410 e. The second-order valence-corrected chi connectivity index (χ2v) is 10.7. The highest BCUT2D eigenvalue weighted by Gasteiger charge is 2.35. The minimum atomic E-state index is -0.428. The third-order valence-corrected chi connectivity index (χ3v) is 6.82. The maximum absolute atomic E-state index is 12.3. The van der Waals surface area contributed by atoms with Gasteiger partial charge in [0.15, 0.2) is 0 Å². The Morgan fingerprint density at radius 2 is 1.48 bits per heavy atom. The number of piperazine rings is 1. The summed E-state index contributed by atoms with van der Waals surface area (Å²) in [5.74, 6) is 0. The monoisotopic (exact) mass is 465 g/mol. The number of halogens is 1. The van der Waals surface area contributed by atoms with Crippen molar-refractivity contribution in [3.63, 3.8) is 0 Å². The molecule has 0 unspecified atom stereocenters. The van der Waals surface area contributed by atoms with Crippen LogP contribution in [0.3, 0.4) is 0 Å². The van der Waals surface area contributed by atoms with E-state index in [4.69, 9.17) is 4.74 Å². The predicted molar refractivity (Wildman–Crippen MR) is 121 cm³/mol. The molecule has 5 nitrogen and oxygen atoms in total. The molecule has 1 aromatic rings. The van der Waals surface area contributed by atoms with Gasteiger partial charge in [0.1, 0.15) is 5.60 Å². The fourth-order valence-electron chi connectivity index (χ4n) is 4.43. The number of rotatable bonds is 3. The number of piperidine rings is 1. The van der Waals surface area contributed by atoms with Crippen molar-refractivity contribution in [1.29, 1.82) is 0 Å². The number of hydrogen-bond donors (Lipinski definition) is 0. The lowest BCUT2D eigenvalue weighted by Gasteiger charge is -2.47. The van der Waals surface area contributed by atoms with Crippen LogP contribution in [0.1, 0.15) is 53.0 Å². The van der Waals surface area contributed by atoms with E-state index in [0.717, 1.165) is 43.7 Å². The molecule has 0 saturated carbocycles. The van der Waals surface area contributed by atoms with Gasteiger partial charge in [-0.15, -0.1) is 0 Å². The number of ether oxygens (including phenoxy) is 1. The van der Waals surface area contributed by atoms with Crippen molar-refractivity contribution in [2.24, 2.45) is 0 Å². The Kier molecular flexibility index (Phi) is 6.96. The number of benzene rings is 1. The minimum absolute atomic E-state index is 0.0427. The van der Waals surface area contributed by atoms with Crippen LogP contribution < -0.4 is 0 Å². The SMILES string of the molecule is CC(C)(C)OC(=O)N1CCN(C2CCN(C(C)(C)c3ccc(Br)cc3)CC2)CC1. The van der Waals surface area contributed by atoms with Gasteiger partial charge >= 0.3 is 6.09 Å². The first-order chi connectivity index (χ1) is 13.6. The summed E-state index contributed by atoms with van der Waals surface area (Å²) in [5.41, 5.74) is 0.981. The van der Waals surface area contributed by atoms with E-state index in [0.29, 0.717) is 6.04 Å². The van der Waals surface area contributed by atoms with Gasteiger partial charge in [-0.2, -0.15) is 0 Å². The summed E-state index contributed by atoms with van der Waals surface area (Å²) in [6, 6.07) is 9.34. The fourth-order valence-corrected chi connectivity index (χ4v) is 4.69. The number of hydrogen-bond acceptors (Lipinski definition) is 4. The predicted octanol–water partition coefficient (Wildman–Crippen LogP) is 4.70. The first-order valence-electron chi connectivity index (χ1n) is 10.8. The summed E-state index contributed by atoms with van der Waals surface area (Å²) < 4.78 is 6.64. The molecule has 2 fully saturated rings.